The first kappa shape index (κ1) is 75.6. The van der Waals surface area contributed by atoms with Crippen LogP contribution in [0.1, 0.15) is 303 Å². The summed E-state index contributed by atoms with van der Waals surface area (Å²) >= 11 is 0. The van der Waals surface area contributed by atoms with Crippen LogP contribution in [0.3, 0.4) is 0 Å². The Bertz CT molecular complexity index is 1450. The fourth-order valence-corrected chi connectivity index (χ4v) is 11.4. The Morgan fingerprint density at radius 1 is 0.432 bits per heavy atom. The second-order valence-electron chi connectivity index (χ2n) is 24.3. The molecule has 0 aromatic carbocycles. The predicted octanol–water partition coefficient (Wildman–Crippen LogP) is 13.2. The Labute approximate surface area is 494 Å². The third-order valence-electron chi connectivity index (χ3n) is 16.9. The first-order valence-corrected chi connectivity index (χ1v) is 34.1. The van der Waals surface area contributed by atoms with Crippen LogP contribution in [-0.4, -0.2) is 140 Å². The summed E-state index contributed by atoms with van der Waals surface area (Å²) in [5.74, 6) is -0.235. The van der Waals surface area contributed by atoms with Crippen LogP contribution < -0.4 is 5.32 Å². The summed E-state index contributed by atoms with van der Waals surface area (Å²) < 4.78 is 22.9. The van der Waals surface area contributed by atoms with Gasteiger partial charge in [-0.2, -0.15) is 0 Å². The molecule has 0 radical (unpaired) electrons. The summed E-state index contributed by atoms with van der Waals surface area (Å²) in [7, 11) is 0. The maximum atomic E-state index is 13.3. The van der Waals surface area contributed by atoms with Crippen molar-refractivity contribution in [1.29, 1.82) is 0 Å². The molecule has 0 spiro atoms. The number of ether oxygens (including phenoxy) is 4. The van der Waals surface area contributed by atoms with Crippen LogP contribution in [0.15, 0.2) is 24.3 Å². The van der Waals surface area contributed by atoms with Gasteiger partial charge in [-0.15, -0.1) is 0 Å². The van der Waals surface area contributed by atoms with Crippen LogP contribution >= 0.6 is 0 Å². The minimum absolute atomic E-state index is 0.235. The molecule has 9 N–H and O–H groups in total. The fourth-order valence-electron chi connectivity index (χ4n) is 11.4. The summed E-state index contributed by atoms with van der Waals surface area (Å²) in [6.45, 7) is 2.84. The van der Waals surface area contributed by atoms with Crippen molar-refractivity contribution in [3.8, 4) is 0 Å². The van der Waals surface area contributed by atoms with Gasteiger partial charge in [-0.1, -0.05) is 276 Å². The average Bonchev–Trinajstić information content (AvgIpc) is 3.47. The van der Waals surface area contributed by atoms with Gasteiger partial charge in [0.1, 0.15) is 48.8 Å². The molecule has 2 aliphatic rings. The molecule has 1 amide bonds. The van der Waals surface area contributed by atoms with Crippen molar-refractivity contribution in [3.63, 3.8) is 0 Å². The maximum absolute atomic E-state index is 13.3. The number of amides is 1. The van der Waals surface area contributed by atoms with E-state index in [2.05, 4.69) is 31.3 Å². The van der Waals surface area contributed by atoms with Gasteiger partial charge in [0.05, 0.1) is 32.0 Å². The number of aliphatic hydroxyl groups is 8. The summed E-state index contributed by atoms with van der Waals surface area (Å²) in [4.78, 5) is 13.3. The molecule has 14 heteroatoms. The Balaban J connectivity index is 1.71. The normalized spacial score (nSPS) is 24.2. The first-order chi connectivity index (χ1) is 39.6. The lowest BCUT2D eigenvalue weighted by Crippen LogP contribution is -2.65. The van der Waals surface area contributed by atoms with Crippen molar-refractivity contribution in [1.82, 2.24) is 5.32 Å². The number of carbonyl (C=O) groups excluding carboxylic acids is 1. The highest BCUT2D eigenvalue weighted by Gasteiger charge is 2.51. The smallest absolute Gasteiger partial charge is 0.220 e. The molecule has 12 unspecified atom stereocenters. The summed E-state index contributed by atoms with van der Waals surface area (Å²) in [6, 6.07) is -0.914. The highest BCUT2D eigenvalue weighted by atomic mass is 16.7. The molecule has 0 saturated carbocycles. The zero-order valence-corrected chi connectivity index (χ0v) is 51.8. The molecule has 0 aromatic heterocycles. The van der Waals surface area contributed by atoms with Gasteiger partial charge in [0.2, 0.25) is 5.91 Å². The quantitative estimate of drug-likeness (QED) is 0.0204. The van der Waals surface area contributed by atoms with Gasteiger partial charge in [-0.25, -0.2) is 0 Å². The zero-order valence-electron chi connectivity index (χ0n) is 51.8. The Morgan fingerprint density at radius 3 is 1.17 bits per heavy atom. The lowest BCUT2D eigenvalue weighted by atomic mass is 9.97. The number of allylic oxidation sites excluding steroid dienone is 3. The second-order valence-corrected chi connectivity index (χ2v) is 24.3. The van der Waals surface area contributed by atoms with Gasteiger partial charge in [0.15, 0.2) is 12.6 Å². The van der Waals surface area contributed by atoms with Crippen molar-refractivity contribution < 1.29 is 64.6 Å². The van der Waals surface area contributed by atoms with E-state index in [0.717, 1.165) is 38.5 Å². The van der Waals surface area contributed by atoms with Crippen molar-refractivity contribution in [2.45, 2.75) is 376 Å². The molecule has 2 aliphatic heterocycles. The van der Waals surface area contributed by atoms with Crippen molar-refractivity contribution in [2.24, 2.45) is 0 Å². The van der Waals surface area contributed by atoms with Crippen LogP contribution in [0.4, 0.5) is 0 Å². The standard InChI is InChI=1S/C67H127NO13/c1-3-5-7-9-11-13-15-17-19-21-23-25-27-29-30-32-34-36-38-40-42-44-46-48-50-56(71)55(54-78-66-64(77)62(75)65(58(53-70)80-66)81-67-63(76)61(74)60(73)57(52-69)79-67)68-59(72)51-49-47-45-43-41-39-37-35-33-31-28-26-24-22-20-18-16-14-12-10-8-6-4-2/h22,24,48,50,55-58,60-67,69-71,73-77H,3-21,23,25-47,49,51-54H2,1-2H3,(H,68,72)/b24-22-,50-48+. The van der Waals surface area contributed by atoms with E-state index in [-0.39, 0.29) is 18.9 Å². The largest absolute Gasteiger partial charge is 0.394 e. The van der Waals surface area contributed by atoms with Crippen LogP contribution in [-0.2, 0) is 23.7 Å². The monoisotopic (exact) mass is 1150 g/mol. The van der Waals surface area contributed by atoms with Crippen LogP contribution in [0.2, 0.25) is 0 Å². The van der Waals surface area contributed by atoms with Crippen LogP contribution in [0, 0.1) is 0 Å². The maximum Gasteiger partial charge on any atom is 0.220 e. The van der Waals surface area contributed by atoms with E-state index >= 15 is 0 Å². The van der Waals surface area contributed by atoms with E-state index in [0.29, 0.717) is 6.42 Å². The van der Waals surface area contributed by atoms with E-state index in [1.54, 1.807) is 6.08 Å². The topological polar surface area (TPSA) is 228 Å². The molecule has 0 aliphatic carbocycles. The number of carbonyl (C=O) groups is 1. The molecule has 2 saturated heterocycles. The molecule has 478 valence electrons. The third kappa shape index (κ3) is 37.6. The molecular weight excluding hydrogens is 1030 g/mol. The number of aliphatic hydroxyl groups excluding tert-OH is 8. The minimum Gasteiger partial charge on any atom is -0.394 e. The summed E-state index contributed by atoms with van der Waals surface area (Å²) in [5.41, 5.74) is 0. The molecule has 14 nitrogen and oxygen atoms in total. The number of rotatable bonds is 56. The second kappa shape index (κ2) is 52.8. The Kier molecular flexibility index (Phi) is 49.2. The lowest BCUT2D eigenvalue weighted by Gasteiger charge is -2.46. The number of nitrogens with one attached hydrogen (secondary N) is 1. The highest BCUT2D eigenvalue weighted by molar-refractivity contribution is 5.76. The molecule has 2 heterocycles. The average molecular weight is 1150 g/mol. The van der Waals surface area contributed by atoms with E-state index in [9.17, 15) is 45.6 Å². The predicted molar refractivity (Wildman–Crippen MR) is 328 cm³/mol. The number of hydrogen-bond donors (Lipinski definition) is 9. The van der Waals surface area contributed by atoms with Gasteiger partial charge in [-0.05, 0) is 44.9 Å². The summed E-state index contributed by atoms with van der Waals surface area (Å²) in [5, 5.41) is 87.4. The van der Waals surface area contributed by atoms with Gasteiger partial charge in [0.25, 0.3) is 0 Å². The number of unbranched alkanes of at least 4 members (excludes halogenated alkanes) is 41. The van der Waals surface area contributed by atoms with E-state index < -0.39 is 86.8 Å². The van der Waals surface area contributed by atoms with Gasteiger partial charge in [0, 0.05) is 6.42 Å². The fraction of sp³-hybridized carbons (Fsp3) is 0.925. The third-order valence-corrected chi connectivity index (χ3v) is 16.9. The SMILES string of the molecule is CCCCCCCCCC/C=C\CCCCCCCCCCCCCC(=O)NC(COC1OC(CO)C(OC2OC(CO)C(O)C(O)C2O)C(O)C1O)C(O)/C=C/CCCCCCCCCCCCCCCCCCCCCCCC. The zero-order chi connectivity index (χ0) is 58.8. The van der Waals surface area contributed by atoms with E-state index in [1.165, 1.54) is 238 Å². The number of hydrogen-bond acceptors (Lipinski definition) is 13. The van der Waals surface area contributed by atoms with Gasteiger partial charge in [-0.3, -0.25) is 4.79 Å². The first-order valence-electron chi connectivity index (χ1n) is 34.1. The Hall–Kier alpha value is -1.53. The summed E-state index contributed by atoms with van der Waals surface area (Å²) in [6.07, 6.45) is 47.9. The minimum atomic E-state index is -1.79. The van der Waals surface area contributed by atoms with Crippen molar-refractivity contribution in [2.75, 3.05) is 19.8 Å². The Morgan fingerprint density at radius 2 is 0.778 bits per heavy atom. The van der Waals surface area contributed by atoms with Crippen molar-refractivity contribution in [3.05, 3.63) is 24.3 Å². The van der Waals surface area contributed by atoms with Crippen molar-refractivity contribution >= 4 is 5.91 Å². The van der Waals surface area contributed by atoms with Crippen LogP contribution in [0.5, 0.6) is 0 Å². The van der Waals surface area contributed by atoms with Gasteiger partial charge >= 0.3 is 0 Å². The molecule has 0 bridgehead atoms. The van der Waals surface area contributed by atoms with E-state index in [1.807, 2.05) is 6.08 Å². The van der Waals surface area contributed by atoms with E-state index in [4.69, 9.17) is 18.9 Å². The molecule has 2 rings (SSSR count). The van der Waals surface area contributed by atoms with Crippen LogP contribution in [0.25, 0.3) is 0 Å². The molecule has 2 fully saturated rings. The molecular formula is C67H127NO13. The lowest BCUT2D eigenvalue weighted by molar-refractivity contribution is -0.359. The molecule has 12 atom stereocenters. The highest BCUT2D eigenvalue weighted by Crippen LogP contribution is 2.30. The molecule has 0 aromatic rings. The van der Waals surface area contributed by atoms with Gasteiger partial charge < -0.3 is 65.1 Å². The molecule has 81 heavy (non-hydrogen) atoms.